The van der Waals surface area contributed by atoms with E-state index in [1.54, 1.807) is 24.3 Å². The zero-order chi connectivity index (χ0) is 19.4. The molecular formula is C21H22N2O4. The highest BCUT2D eigenvalue weighted by Gasteiger charge is 2.51. The average Bonchev–Trinajstić information content (AvgIpc) is 2.93. The third kappa shape index (κ3) is 3.43. The van der Waals surface area contributed by atoms with Crippen molar-refractivity contribution in [3.63, 3.8) is 0 Å². The van der Waals surface area contributed by atoms with Gasteiger partial charge in [-0.15, -0.1) is 0 Å². The first-order valence-electron chi connectivity index (χ1n) is 8.88. The Morgan fingerprint density at radius 2 is 1.85 bits per heavy atom. The summed E-state index contributed by atoms with van der Waals surface area (Å²) in [6.45, 7) is 2.07. The van der Waals surface area contributed by atoms with Crippen LogP contribution in [0.4, 0.5) is 4.79 Å². The van der Waals surface area contributed by atoms with Gasteiger partial charge in [-0.05, 0) is 29.7 Å². The van der Waals surface area contributed by atoms with E-state index in [1.807, 2.05) is 37.3 Å². The highest BCUT2D eigenvalue weighted by Crippen LogP contribution is 2.34. The zero-order valence-corrected chi connectivity index (χ0v) is 15.4. The van der Waals surface area contributed by atoms with E-state index in [4.69, 9.17) is 4.74 Å². The molecule has 1 heterocycles. The molecule has 2 aromatic rings. The average molecular weight is 366 g/mol. The SMILES string of the molecule is CCCC1(c2ccccc2)NC(=O)N(Cc2cccc(C(=O)OC)c2)C1=O. The van der Waals surface area contributed by atoms with Gasteiger partial charge in [0.1, 0.15) is 5.54 Å². The first-order valence-corrected chi connectivity index (χ1v) is 8.88. The van der Waals surface area contributed by atoms with Gasteiger partial charge < -0.3 is 10.1 Å². The largest absolute Gasteiger partial charge is 0.465 e. The Morgan fingerprint density at radius 1 is 1.11 bits per heavy atom. The molecule has 0 saturated carbocycles. The van der Waals surface area contributed by atoms with Gasteiger partial charge in [0.25, 0.3) is 5.91 Å². The lowest BCUT2D eigenvalue weighted by atomic mass is 9.85. The Balaban J connectivity index is 1.91. The summed E-state index contributed by atoms with van der Waals surface area (Å²) in [4.78, 5) is 38.8. The van der Waals surface area contributed by atoms with Crippen molar-refractivity contribution in [3.8, 4) is 0 Å². The number of nitrogens with one attached hydrogen (secondary N) is 1. The standard InChI is InChI=1S/C21H22N2O4/c1-3-12-21(17-10-5-4-6-11-17)19(25)23(20(26)22-21)14-15-8-7-9-16(13-15)18(24)27-2/h4-11,13H,3,12,14H2,1-2H3,(H,22,26). The fraction of sp³-hybridized carbons (Fsp3) is 0.286. The first kappa shape index (κ1) is 18.6. The summed E-state index contributed by atoms with van der Waals surface area (Å²) in [5, 5.41) is 2.90. The molecule has 6 heteroatoms. The molecule has 1 unspecified atom stereocenters. The van der Waals surface area contributed by atoms with Crippen LogP contribution in [-0.4, -0.2) is 29.9 Å². The molecule has 1 aliphatic heterocycles. The van der Waals surface area contributed by atoms with E-state index in [-0.39, 0.29) is 12.5 Å². The van der Waals surface area contributed by atoms with Gasteiger partial charge in [0, 0.05) is 0 Å². The van der Waals surface area contributed by atoms with E-state index in [2.05, 4.69) is 5.32 Å². The summed E-state index contributed by atoms with van der Waals surface area (Å²) in [5.41, 5.74) is 0.787. The molecule has 140 valence electrons. The second-order valence-corrected chi connectivity index (χ2v) is 6.53. The van der Waals surface area contributed by atoms with E-state index in [1.165, 1.54) is 12.0 Å². The van der Waals surface area contributed by atoms with Crippen LogP contribution < -0.4 is 5.32 Å². The van der Waals surface area contributed by atoms with Gasteiger partial charge in [-0.1, -0.05) is 55.8 Å². The van der Waals surface area contributed by atoms with Crippen molar-refractivity contribution < 1.29 is 19.1 Å². The number of benzene rings is 2. The van der Waals surface area contributed by atoms with Crippen LogP contribution in [0.15, 0.2) is 54.6 Å². The van der Waals surface area contributed by atoms with Crippen molar-refractivity contribution in [2.24, 2.45) is 0 Å². The molecule has 1 atom stereocenters. The molecule has 1 saturated heterocycles. The van der Waals surface area contributed by atoms with Crippen LogP contribution in [0, 0.1) is 0 Å². The predicted molar refractivity (Wildman–Crippen MR) is 99.9 cm³/mol. The fourth-order valence-corrected chi connectivity index (χ4v) is 3.47. The maximum absolute atomic E-state index is 13.3. The quantitative estimate of drug-likeness (QED) is 0.629. The van der Waals surface area contributed by atoms with E-state index < -0.39 is 17.5 Å². The number of amides is 3. The molecule has 0 bridgehead atoms. The smallest absolute Gasteiger partial charge is 0.337 e. The molecule has 2 aromatic carbocycles. The lowest BCUT2D eigenvalue weighted by Gasteiger charge is -2.27. The molecule has 1 N–H and O–H groups in total. The summed E-state index contributed by atoms with van der Waals surface area (Å²) < 4.78 is 4.73. The fourth-order valence-electron chi connectivity index (χ4n) is 3.47. The highest BCUT2D eigenvalue weighted by molar-refractivity contribution is 6.07. The number of rotatable bonds is 6. The van der Waals surface area contributed by atoms with Gasteiger partial charge in [-0.3, -0.25) is 9.69 Å². The van der Waals surface area contributed by atoms with Gasteiger partial charge in [0.05, 0.1) is 19.2 Å². The van der Waals surface area contributed by atoms with Gasteiger partial charge >= 0.3 is 12.0 Å². The maximum Gasteiger partial charge on any atom is 0.337 e. The Labute approximate surface area is 158 Å². The number of hydrogen-bond donors (Lipinski definition) is 1. The summed E-state index contributed by atoms with van der Waals surface area (Å²) in [6.07, 6.45) is 1.26. The number of nitrogens with zero attached hydrogens (tertiary/aromatic N) is 1. The van der Waals surface area contributed by atoms with Crippen molar-refractivity contribution in [1.29, 1.82) is 0 Å². The van der Waals surface area contributed by atoms with E-state index >= 15 is 0 Å². The third-order valence-corrected chi connectivity index (χ3v) is 4.76. The number of methoxy groups -OCH3 is 1. The number of urea groups is 1. The Kier molecular flexibility index (Phi) is 5.26. The monoisotopic (exact) mass is 366 g/mol. The second kappa shape index (κ2) is 7.61. The molecule has 0 aliphatic carbocycles. The molecule has 0 aromatic heterocycles. The van der Waals surface area contributed by atoms with Crippen molar-refractivity contribution >= 4 is 17.9 Å². The number of ether oxygens (including phenoxy) is 1. The van der Waals surface area contributed by atoms with Gasteiger partial charge in [-0.25, -0.2) is 9.59 Å². The number of esters is 1. The number of hydrogen-bond acceptors (Lipinski definition) is 4. The van der Waals surface area contributed by atoms with Crippen LogP contribution in [0.5, 0.6) is 0 Å². The van der Waals surface area contributed by atoms with Gasteiger partial charge in [-0.2, -0.15) is 0 Å². The topological polar surface area (TPSA) is 75.7 Å². The van der Waals surface area contributed by atoms with Crippen LogP contribution in [0.2, 0.25) is 0 Å². The minimum Gasteiger partial charge on any atom is -0.465 e. The van der Waals surface area contributed by atoms with Crippen molar-refractivity contribution in [2.75, 3.05) is 7.11 Å². The number of imide groups is 1. The van der Waals surface area contributed by atoms with Crippen LogP contribution in [0.25, 0.3) is 0 Å². The van der Waals surface area contributed by atoms with E-state index in [9.17, 15) is 14.4 Å². The summed E-state index contributed by atoms with van der Waals surface area (Å²) in [5.74, 6) is -0.734. The molecule has 1 aliphatic rings. The summed E-state index contributed by atoms with van der Waals surface area (Å²) in [7, 11) is 1.31. The van der Waals surface area contributed by atoms with E-state index in [0.717, 1.165) is 12.0 Å². The van der Waals surface area contributed by atoms with Crippen LogP contribution in [0.3, 0.4) is 0 Å². The number of carbonyl (C=O) groups is 3. The minimum atomic E-state index is -1.05. The molecule has 1 fully saturated rings. The normalized spacial score (nSPS) is 19.1. The van der Waals surface area contributed by atoms with Crippen molar-refractivity contribution in [1.82, 2.24) is 10.2 Å². The molecule has 3 rings (SSSR count). The van der Waals surface area contributed by atoms with Crippen LogP contribution >= 0.6 is 0 Å². The zero-order valence-electron chi connectivity index (χ0n) is 15.4. The molecular weight excluding hydrogens is 344 g/mol. The predicted octanol–water partition coefficient (Wildman–Crippen LogP) is 3.22. The van der Waals surface area contributed by atoms with Gasteiger partial charge in [0.2, 0.25) is 0 Å². The van der Waals surface area contributed by atoms with Crippen molar-refractivity contribution in [2.45, 2.75) is 31.8 Å². The molecule has 27 heavy (non-hydrogen) atoms. The highest BCUT2D eigenvalue weighted by atomic mass is 16.5. The van der Waals surface area contributed by atoms with Crippen LogP contribution in [0.1, 0.15) is 41.3 Å². The summed E-state index contributed by atoms with van der Waals surface area (Å²) >= 11 is 0. The number of carbonyl (C=O) groups excluding carboxylic acids is 3. The van der Waals surface area contributed by atoms with E-state index in [0.29, 0.717) is 17.5 Å². The Morgan fingerprint density at radius 3 is 2.52 bits per heavy atom. The Bertz CT molecular complexity index is 865. The molecule has 6 nitrogen and oxygen atoms in total. The van der Waals surface area contributed by atoms with Crippen molar-refractivity contribution in [3.05, 3.63) is 71.3 Å². The molecule has 0 spiro atoms. The van der Waals surface area contributed by atoms with Gasteiger partial charge in [0.15, 0.2) is 0 Å². The Hall–Kier alpha value is -3.15. The lowest BCUT2D eigenvalue weighted by molar-refractivity contribution is -0.132. The first-order chi connectivity index (χ1) is 13.0. The molecule has 0 radical (unpaired) electrons. The molecule has 3 amide bonds. The van der Waals surface area contributed by atoms with Crippen LogP contribution in [-0.2, 0) is 21.6 Å². The third-order valence-electron chi connectivity index (χ3n) is 4.76. The second-order valence-electron chi connectivity index (χ2n) is 6.53. The summed E-state index contributed by atoms with van der Waals surface area (Å²) in [6, 6.07) is 15.6. The minimum absolute atomic E-state index is 0.0911. The lowest BCUT2D eigenvalue weighted by Crippen LogP contribution is -2.43. The maximum atomic E-state index is 13.3.